The summed E-state index contributed by atoms with van der Waals surface area (Å²) in [5.41, 5.74) is 3.90. The zero-order valence-corrected chi connectivity index (χ0v) is 23.2. The Kier molecular flexibility index (Phi) is 8.59. The quantitative estimate of drug-likeness (QED) is 0.202. The maximum atomic E-state index is 13.0. The number of anilines is 1. The lowest BCUT2D eigenvalue weighted by Gasteiger charge is -2.19. The van der Waals surface area contributed by atoms with Gasteiger partial charge in [0.05, 0.1) is 22.4 Å². The van der Waals surface area contributed by atoms with E-state index < -0.39 is 0 Å². The van der Waals surface area contributed by atoms with Crippen molar-refractivity contribution < 1.29 is 9.59 Å². The average molecular weight is 568 g/mol. The Balaban J connectivity index is 1.22. The monoisotopic (exact) mass is 567 g/mol. The third-order valence-electron chi connectivity index (χ3n) is 6.26. The highest BCUT2D eigenvalue weighted by molar-refractivity contribution is 7.99. The molecule has 7 nitrogen and oxygen atoms in total. The molecule has 1 aromatic heterocycles. The average Bonchev–Trinajstić information content (AvgIpc) is 3.36. The van der Waals surface area contributed by atoms with Crippen LogP contribution in [-0.4, -0.2) is 32.3 Å². The first-order valence-electron chi connectivity index (χ1n) is 12.6. The molecule has 5 aromatic rings. The molecule has 0 aliphatic carbocycles. The second-order valence-electron chi connectivity index (χ2n) is 8.99. The number of benzene rings is 4. The zero-order chi connectivity index (χ0) is 27.9. The van der Waals surface area contributed by atoms with Crippen molar-refractivity contribution >= 4 is 40.9 Å². The Morgan fingerprint density at radius 1 is 0.825 bits per heavy atom. The number of nitrogens with one attached hydrogen (secondary N) is 2. The molecular weight excluding hydrogens is 542 g/mol. The summed E-state index contributed by atoms with van der Waals surface area (Å²) in [6, 6.07) is 33.8. The molecule has 0 radical (unpaired) electrons. The normalized spacial score (nSPS) is 10.9. The van der Waals surface area contributed by atoms with Crippen LogP contribution in [-0.2, 0) is 11.8 Å². The second-order valence-corrected chi connectivity index (χ2v) is 10.3. The summed E-state index contributed by atoms with van der Waals surface area (Å²) in [4.78, 5) is 25.5. The van der Waals surface area contributed by atoms with Gasteiger partial charge in [-0.1, -0.05) is 96.2 Å². The molecule has 1 heterocycles. The Bertz CT molecular complexity index is 1570. The first-order valence-corrected chi connectivity index (χ1v) is 13.9. The predicted octanol–water partition coefficient (Wildman–Crippen LogP) is 6.39. The molecule has 2 N–H and O–H groups in total. The Hall–Kier alpha value is -4.40. The van der Waals surface area contributed by atoms with Gasteiger partial charge in [-0.3, -0.25) is 9.59 Å². The number of rotatable bonds is 9. The fourth-order valence-electron chi connectivity index (χ4n) is 4.22. The molecule has 0 spiro atoms. The molecule has 0 aliphatic heterocycles. The molecule has 9 heteroatoms. The number of nitrogens with zero attached hydrogens (tertiary/aromatic N) is 3. The van der Waals surface area contributed by atoms with Gasteiger partial charge in [0.15, 0.2) is 11.0 Å². The number of amides is 2. The summed E-state index contributed by atoms with van der Waals surface area (Å²) in [5, 5.41) is 15.6. The lowest BCUT2D eigenvalue weighted by Crippen LogP contribution is -2.30. The maximum absolute atomic E-state index is 13.0. The number of hydrogen-bond acceptors (Lipinski definition) is 5. The molecule has 0 saturated carbocycles. The van der Waals surface area contributed by atoms with E-state index in [1.54, 1.807) is 36.4 Å². The topological polar surface area (TPSA) is 88.9 Å². The van der Waals surface area contributed by atoms with Gasteiger partial charge in [0.2, 0.25) is 5.91 Å². The Labute approximate surface area is 241 Å². The summed E-state index contributed by atoms with van der Waals surface area (Å²) in [6.07, 6.45) is 0. The lowest BCUT2D eigenvalue weighted by molar-refractivity contribution is -0.119. The highest BCUT2D eigenvalue weighted by Crippen LogP contribution is 2.26. The molecule has 0 aliphatic rings. The van der Waals surface area contributed by atoms with E-state index in [4.69, 9.17) is 11.6 Å². The van der Waals surface area contributed by atoms with Crippen LogP contribution in [0.2, 0.25) is 5.02 Å². The molecule has 0 saturated heterocycles. The van der Waals surface area contributed by atoms with E-state index in [1.165, 1.54) is 11.8 Å². The number of halogens is 1. The SMILES string of the molecule is Cn1c(SCC(=O)NC(c2ccccc2)c2ccccc2)nnc1-c1ccc(NC(=O)c2ccccc2Cl)cc1. The largest absolute Gasteiger partial charge is 0.344 e. The smallest absolute Gasteiger partial charge is 0.257 e. The third kappa shape index (κ3) is 6.42. The third-order valence-corrected chi connectivity index (χ3v) is 7.61. The zero-order valence-electron chi connectivity index (χ0n) is 21.6. The van der Waals surface area contributed by atoms with Crippen LogP contribution in [0.4, 0.5) is 5.69 Å². The van der Waals surface area contributed by atoms with Crippen LogP contribution >= 0.6 is 23.4 Å². The van der Waals surface area contributed by atoms with Crippen LogP contribution < -0.4 is 10.6 Å². The van der Waals surface area contributed by atoms with Crippen molar-refractivity contribution in [3.8, 4) is 11.4 Å². The minimum Gasteiger partial charge on any atom is -0.344 e. The molecule has 0 fully saturated rings. The first-order chi connectivity index (χ1) is 19.5. The first kappa shape index (κ1) is 27.2. The van der Waals surface area contributed by atoms with E-state index in [9.17, 15) is 9.59 Å². The van der Waals surface area contributed by atoms with Gasteiger partial charge in [-0.2, -0.15) is 0 Å². The van der Waals surface area contributed by atoms with Crippen molar-refractivity contribution in [3.63, 3.8) is 0 Å². The van der Waals surface area contributed by atoms with Crippen molar-refractivity contribution in [2.45, 2.75) is 11.2 Å². The number of hydrogen-bond donors (Lipinski definition) is 2. The van der Waals surface area contributed by atoms with E-state index >= 15 is 0 Å². The van der Waals surface area contributed by atoms with Crippen molar-refractivity contribution in [1.29, 1.82) is 0 Å². The molecule has 0 bridgehead atoms. The van der Waals surface area contributed by atoms with Crippen LogP contribution in [0.1, 0.15) is 27.5 Å². The fraction of sp³-hybridized carbons (Fsp3) is 0.0968. The predicted molar refractivity (Wildman–Crippen MR) is 159 cm³/mol. The van der Waals surface area contributed by atoms with E-state index in [0.29, 0.717) is 27.3 Å². The van der Waals surface area contributed by atoms with Crippen molar-refractivity contribution in [3.05, 3.63) is 131 Å². The standard InChI is InChI=1S/C31H26ClN5O2S/c1-37-29(23-16-18-24(19-17-23)33-30(39)25-14-8-9-15-26(25)32)35-36-31(37)40-20-27(38)34-28(21-10-4-2-5-11-21)22-12-6-3-7-13-22/h2-19,28H,20H2,1H3,(H,33,39)(H,34,38). The summed E-state index contributed by atoms with van der Waals surface area (Å²) in [5.74, 6) is 0.453. The van der Waals surface area contributed by atoms with Crippen LogP contribution in [0.15, 0.2) is 114 Å². The molecule has 0 unspecified atom stereocenters. The highest BCUT2D eigenvalue weighted by atomic mass is 35.5. The summed E-state index contributed by atoms with van der Waals surface area (Å²) in [7, 11) is 1.86. The number of thioether (sulfide) groups is 1. The molecule has 4 aromatic carbocycles. The highest BCUT2D eigenvalue weighted by Gasteiger charge is 2.18. The summed E-state index contributed by atoms with van der Waals surface area (Å²) in [6.45, 7) is 0. The van der Waals surface area contributed by atoms with Gasteiger partial charge in [0.1, 0.15) is 0 Å². The Morgan fingerprint density at radius 2 is 1.43 bits per heavy atom. The number of carbonyl (C=O) groups is 2. The van der Waals surface area contributed by atoms with Gasteiger partial charge >= 0.3 is 0 Å². The van der Waals surface area contributed by atoms with Gasteiger partial charge in [-0.15, -0.1) is 10.2 Å². The van der Waals surface area contributed by atoms with Gasteiger partial charge in [0, 0.05) is 18.3 Å². The molecule has 2 amide bonds. The van der Waals surface area contributed by atoms with Crippen molar-refractivity contribution in [2.24, 2.45) is 7.05 Å². The minimum absolute atomic E-state index is 0.106. The van der Waals surface area contributed by atoms with E-state index in [0.717, 1.165) is 16.7 Å². The molecule has 200 valence electrons. The van der Waals surface area contributed by atoms with Gasteiger partial charge in [-0.25, -0.2) is 0 Å². The van der Waals surface area contributed by atoms with E-state index in [-0.39, 0.29) is 23.6 Å². The fourth-order valence-corrected chi connectivity index (χ4v) is 5.16. The van der Waals surface area contributed by atoms with Crippen LogP contribution in [0.5, 0.6) is 0 Å². The number of aromatic nitrogens is 3. The van der Waals surface area contributed by atoms with Crippen molar-refractivity contribution in [1.82, 2.24) is 20.1 Å². The minimum atomic E-state index is -0.282. The van der Waals surface area contributed by atoms with E-state index in [2.05, 4.69) is 20.8 Å². The van der Waals surface area contributed by atoms with Gasteiger partial charge < -0.3 is 15.2 Å². The van der Waals surface area contributed by atoms with Crippen LogP contribution in [0, 0.1) is 0 Å². The second kappa shape index (κ2) is 12.6. The Morgan fingerprint density at radius 3 is 2.05 bits per heavy atom. The lowest BCUT2D eigenvalue weighted by atomic mass is 9.99. The van der Waals surface area contributed by atoms with Gasteiger partial charge in [0.25, 0.3) is 5.91 Å². The van der Waals surface area contributed by atoms with E-state index in [1.807, 2.05) is 84.4 Å². The molecule has 40 heavy (non-hydrogen) atoms. The summed E-state index contributed by atoms with van der Waals surface area (Å²) >= 11 is 7.45. The molecule has 5 rings (SSSR count). The maximum Gasteiger partial charge on any atom is 0.257 e. The summed E-state index contributed by atoms with van der Waals surface area (Å²) < 4.78 is 1.85. The van der Waals surface area contributed by atoms with Crippen LogP contribution in [0.3, 0.4) is 0 Å². The molecule has 0 atom stereocenters. The van der Waals surface area contributed by atoms with Crippen LogP contribution in [0.25, 0.3) is 11.4 Å². The van der Waals surface area contributed by atoms with Crippen molar-refractivity contribution in [2.75, 3.05) is 11.1 Å². The molecular formula is C31H26ClN5O2S. The number of carbonyl (C=O) groups excluding carboxylic acids is 2. The van der Waals surface area contributed by atoms with Gasteiger partial charge in [-0.05, 0) is 47.5 Å².